The van der Waals surface area contributed by atoms with Crippen LogP contribution in [0.5, 0.6) is 5.88 Å². The van der Waals surface area contributed by atoms with Gasteiger partial charge in [-0.3, -0.25) is 9.59 Å². The number of nitrogen functional groups attached to an aromatic ring is 1. The average Bonchev–Trinajstić information content (AvgIpc) is 3.59. The van der Waals surface area contributed by atoms with Gasteiger partial charge in [0.1, 0.15) is 17.5 Å². The monoisotopic (exact) mass is 448 g/mol. The van der Waals surface area contributed by atoms with Crippen molar-refractivity contribution in [1.82, 2.24) is 15.1 Å². The number of anilines is 1. The number of hydrogen-bond acceptors (Lipinski definition) is 5. The minimum absolute atomic E-state index is 0.0714. The number of nitrogens with zero attached hydrogens (tertiary/aromatic N) is 2. The number of benzene rings is 1. The fourth-order valence-corrected chi connectivity index (χ4v) is 3.96. The molecule has 2 aromatic rings. The van der Waals surface area contributed by atoms with Crippen LogP contribution in [0.2, 0.25) is 0 Å². The number of amides is 1. The standard InChI is InChI=1S/C26H32N4O3/c1-4-20(5-2)33-26-22(23(31)17-9-7-6-8-10-17)24(27)30(29-26)21-15-18(12-11-16(21)3)25(32)28-19-13-14-19/h6-9,11-12,15,17,19-20H,4-5,10,13-14,27H2,1-3H3,(H,28,32). The van der Waals surface area contributed by atoms with Crippen LogP contribution in [-0.2, 0) is 0 Å². The van der Waals surface area contributed by atoms with E-state index >= 15 is 0 Å². The second-order valence-electron chi connectivity index (χ2n) is 8.80. The summed E-state index contributed by atoms with van der Waals surface area (Å²) in [6.45, 7) is 6.00. The normalized spacial score (nSPS) is 17.4. The quantitative estimate of drug-likeness (QED) is 0.549. The van der Waals surface area contributed by atoms with Gasteiger partial charge in [0.05, 0.1) is 5.69 Å². The maximum atomic E-state index is 13.5. The Balaban J connectivity index is 1.76. The van der Waals surface area contributed by atoms with Crippen molar-refractivity contribution in [3.05, 3.63) is 59.2 Å². The highest BCUT2D eigenvalue weighted by Gasteiger charge is 2.30. The molecule has 3 N–H and O–H groups in total. The molecule has 7 nitrogen and oxygen atoms in total. The number of nitrogens with one attached hydrogen (secondary N) is 1. The summed E-state index contributed by atoms with van der Waals surface area (Å²) >= 11 is 0. The van der Waals surface area contributed by atoms with E-state index in [0.717, 1.165) is 31.2 Å². The van der Waals surface area contributed by atoms with Crippen LogP contribution >= 0.6 is 0 Å². The molecule has 0 aliphatic heterocycles. The maximum absolute atomic E-state index is 13.5. The van der Waals surface area contributed by atoms with E-state index in [1.807, 2.05) is 51.1 Å². The molecule has 1 unspecified atom stereocenters. The van der Waals surface area contributed by atoms with E-state index in [9.17, 15) is 9.59 Å². The summed E-state index contributed by atoms with van der Waals surface area (Å²) in [5, 5.41) is 7.65. The van der Waals surface area contributed by atoms with Crippen LogP contribution in [0.15, 0.2) is 42.5 Å². The highest BCUT2D eigenvalue weighted by Crippen LogP contribution is 2.33. The summed E-state index contributed by atoms with van der Waals surface area (Å²) in [4.78, 5) is 26.1. The van der Waals surface area contributed by atoms with Crippen molar-refractivity contribution in [2.75, 3.05) is 5.73 Å². The third-order valence-electron chi connectivity index (χ3n) is 6.25. The second kappa shape index (κ2) is 9.65. The van der Waals surface area contributed by atoms with Gasteiger partial charge in [-0.2, -0.15) is 0 Å². The minimum atomic E-state index is -0.309. The summed E-state index contributed by atoms with van der Waals surface area (Å²) in [6.07, 6.45) is 11.8. The van der Waals surface area contributed by atoms with Crippen molar-refractivity contribution in [2.24, 2.45) is 5.92 Å². The third kappa shape index (κ3) is 4.87. The SMILES string of the molecule is CCC(CC)Oc1nn(-c2cc(C(=O)NC3CC3)ccc2C)c(N)c1C(=O)C1C=CC=CC1. The van der Waals surface area contributed by atoms with Gasteiger partial charge in [-0.05, 0) is 56.7 Å². The van der Waals surface area contributed by atoms with E-state index in [2.05, 4.69) is 10.4 Å². The van der Waals surface area contributed by atoms with Crippen LogP contribution in [0, 0.1) is 12.8 Å². The van der Waals surface area contributed by atoms with Gasteiger partial charge in [0.25, 0.3) is 5.91 Å². The number of carbonyl (C=O) groups is 2. The lowest BCUT2D eigenvalue weighted by molar-refractivity contribution is 0.0933. The zero-order valence-electron chi connectivity index (χ0n) is 19.5. The van der Waals surface area contributed by atoms with Gasteiger partial charge in [-0.15, -0.1) is 5.10 Å². The minimum Gasteiger partial charge on any atom is -0.473 e. The summed E-state index contributed by atoms with van der Waals surface area (Å²) in [5.74, 6) is -0.0575. The molecule has 4 rings (SSSR count). The Bertz CT molecular complexity index is 1110. The molecular formula is C26H32N4O3. The molecule has 0 bridgehead atoms. The Morgan fingerprint density at radius 2 is 2.00 bits per heavy atom. The van der Waals surface area contributed by atoms with Gasteiger partial charge in [-0.25, -0.2) is 4.68 Å². The molecule has 7 heteroatoms. The highest BCUT2D eigenvalue weighted by molar-refractivity contribution is 6.05. The number of allylic oxidation sites excluding steroid dienone is 4. The molecule has 1 fully saturated rings. The third-order valence-corrected chi connectivity index (χ3v) is 6.25. The van der Waals surface area contributed by atoms with E-state index in [-0.39, 0.29) is 41.5 Å². The van der Waals surface area contributed by atoms with Crippen molar-refractivity contribution in [3.63, 3.8) is 0 Å². The van der Waals surface area contributed by atoms with Gasteiger partial charge in [0, 0.05) is 17.5 Å². The van der Waals surface area contributed by atoms with Crippen molar-refractivity contribution >= 4 is 17.5 Å². The summed E-state index contributed by atoms with van der Waals surface area (Å²) in [7, 11) is 0. The molecule has 174 valence electrons. The predicted molar refractivity (Wildman–Crippen MR) is 129 cm³/mol. The van der Waals surface area contributed by atoms with Crippen molar-refractivity contribution in [2.45, 2.75) is 65.0 Å². The Morgan fingerprint density at radius 3 is 2.64 bits per heavy atom. The zero-order chi connectivity index (χ0) is 23.5. The molecule has 1 saturated carbocycles. The molecule has 1 amide bonds. The van der Waals surface area contributed by atoms with E-state index in [0.29, 0.717) is 23.2 Å². The molecule has 1 atom stereocenters. The molecule has 0 spiro atoms. The number of Topliss-reactive ketones (excluding diaryl/α,β-unsaturated/α-hetero) is 1. The maximum Gasteiger partial charge on any atom is 0.251 e. The predicted octanol–water partition coefficient (Wildman–Crippen LogP) is 4.54. The zero-order valence-corrected chi connectivity index (χ0v) is 19.5. The van der Waals surface area contributed by atoms with Crippen LogP contribution in [0.3, 0.4) is 0 Å². The van der Waals surface area contributed by atoms with Crippen LogP contribution in [0.4, 0.5) is 5.82 Å². The van der Waals surface area contributed by atoms with E-state index in [1.165, 1.54) is 4.68 Å². The number of carbonyl (C=O) groups excluding carboxylic acids is 2. The van der Waals surface area contributed by atoms with Crippen LogP contribution in [-0.4, -0.2) is 33.6 Å². The van der Waals surface area contributed by atoms with Crippen LogP contribution in [0.25, 0.3) is 5.69 Å². The van der Waals surface area contributed by atoms with E-state index in [4.69, 9.17) is 10.5 Å². The second-order valence-corrected chi connectivity index (χ2v) is 8.80. The lowest BCUT2D eigenvalue weighted by Gasteiger charge is -2.16. The van der Waals surface area contributed by atoms with Crippen molar-refractivity contribution in [1.29, 1.82) is 0 Å². The molecule has 2 aliphatic rings. The number of nitrogens with two attached hydrogens (primary N) is 1. The average molecular weight is 449 g/mol. The molecule has 1 heterocycles. The number of aromatic nitrogens is 2. The summed E-state index contributed by atoms with van der Waals surface area (Å²) in [6, 6.07) is 5.70. The largest absolute Gasteiger partial charge is 0.473 e. The van der Waals surface area contributed by atoms with E-state index in [1.54, 1.807) is 12.1 Å². The molecule has 0 radical (unpaired) electrons. The fraction of sp³-hybridized carbons (Fsp3) is 0.423. The van der Waals surface area contributed by atoms with Gasteiger partial charge < -0.3 is 15.8 Å². The Kier molecular flexibility index (Phi) is 6.67. The van der Waals surface area contributed by atoms with Crippen LogP contribution < -0.4 is 15.8 Å². The first-order chi connectivity index (χ1) is 15.9. The van der Waals surface area contributed by atoms with Gasteiger partial charge in [0.15, 0.2) is 5.78 Å². The first-order valence-electron chi connectivity index (χ1n) is 11.8. The molecule has 0 saturated heterocycles. The number of ether oxygens (including phenoxy) is 1. The molecule has 1 aromatic heterocycles. The van der Waals surface area contributed by atoms with Gasteiger partial charge >= 0.3 is 0 Å². The fourth-order valence-electron chi connectivity index (χ4n) is 3.96. The molecule has 33 heavy (non-hydrogen) atoms. The van der Waals surface area contributed by atoms with Gasteiger partial charge in [-0.1, -0.05) is 44.2 Å². The van der Waals surface area contributed by atoms with Crippen molar-refractivity contribution < 1.29 is 14.3 Å². The lowest BCUT2D eigenvalue weighted by Crippen LogP contribution is -2.25. The number of rotatable bonds is 9. The topological polar surface area (TPSA) is 99.2 Å². The van der Waals surface area contributed by atoms with E-state index < -0.39 is 0 Å². The number of aryl methyl sites for hydroxylation is 1. The smallest absolute Gasteiger partial charge is 0.251 e. The summed E-state index contributed by atoms with van der Waals surface area (Å²) in [5.41, 5.74) is 8.93. The first kappa shape index (κ1) is 22.8. The summed E-state index contributed by atoms with van der Waals surface area (Å²) < 4.78 is 7.70. The lowest BCUT2D eigenvalue weighted by atomic mass is 9.92. The number of ketones is 1. The number of hydrogen-bond donors (Lipinski definition) is 2. The molecular weight excluding hydrogens is 416 g/mol. The Hall–Kier alpha value is -3.35. The first-order valence-corrected chi connectivity index (χ1v) is 11.8. The Morgan fingerprint density at radius 1 is 1.24 bits per heavy atom. The molecule has 2 aliphatic carbocycles. The Labute approximate surface area is 194 Å². The van der Waals surface area contributed by atoms with Crippen molar-refractivity contribution in [3.8, 4) is 11.6 Å². The molecule has 1 aromatic carbocycles. The van der Waals surface area contributed by atoms with Crippen LogP contribution in [0.1, 0.15) is 72.2 Å². The van der Waals surface area contributed by atoms with Gasteiger partial charge in [0.2, 0.25) is 5.88 Å². The highest BCUT2D eigenvalue weighted by atomic mass is 16.5.